The van der Waals surface area contributed by atoms with Crippen molar-refractivity contribution in [3.8, 4) is 0 Å². The molecular formula is C23H26N2O3. The van der Waals surface area contributed by atoms with E-state index in [0.29, 0.717) is 29.7 Å². The van der Waals surface area contributed by atoms with Crippen LogP contribution in [-0.2, 0) is 0 Å². The number of unbranched alkanes of at least 4 members (excludes halogenated alkanes) is 1. The number of nitrogens with zero attached hydrogens (tertiary/aromatic N) is 1. The second-order valence-electron chi connectivity index (χ2n) is 7.13. The molecule has 1 aliphatic heterocycles. The molecule has 0 saturated carbocycles. The van der Waals surface area contributed by atoms with Crippen LogP contribution < -0.4 is 5.32 Å². The minimum atomic E-state index is -0.223. The van der Waals surface area contributed by atoms with Crippen molar-refractivity contribution in [3.63, 3.8) is 0 Å². The number of fused-ring (bicyclic) bond motifs is 1. The molecule has 3 amide bonds. The Hall–Kier alpha value is -2.95. The molecule has 0 fully saturated rings. The first-order valence-electron chi connectivity index (χ1n) is 9.93. The second-order valence-corrected chi connectivity index (χ2v) is 7.13. The van der Waals surface area contributed by atoms with Gasteiger partial charge in [0.2, 0.25) is 0 Å². The highest BCUT2D eigenvalue weighted by Gasteiger charge is 2.34. The van der Waals surface area contributed by atoms with Gasteiger partial charge in [-0.1, -0.05) is 50.1 Å². The fourth-order valence-corrected chi connectivity index (χ4v) is 3.54. The number of imide groups is 1. The summed E-state index contributed by atoms with van der Waals surface area (Å²) >= 11 is 0. The van der Waals surface area contributed by atoms with Crippen LogP contribution in [0.15, 0.2) is 54.6 Å². The fourth-order valence-electron chi connectivity index (χ4n) is 3.54. The molecule has 146 valence electrons. The average Bonchev–Trinajstić information content (AvgIpc) is 2.97. The zero-order chi connectivity index (χ0) is 19.9. The Bertz CT molecular complexity index is 813. The molecule has 1 heterocycles. The Balaban J connectivity index is 1.56. The number of hydrogen-bond acceptors (Lipinski definition) is 3. The zero-order valence-corrected chi connectivity index (χ0v) is 16.2. The van der Waals surface area contributed by atoms with E-state index in [1.54, 1.807) is 36.4 Å². The van der Waals surface area contributed by atoms with E-state index in [2.05, 4.69) is 12.2 Å². The van der Waals surface area contributed by atoms with Crippen molar-refractivity contribution in [2.24, 2.45) is 0 Å². The van der Waals surface area contributed by atoms with Crippen LogP contribution in [0.4, 0.5) is 0 Å². The van der Waals surface area contributed by atoms with Crippen LogP contribution in [0.3, 0.4) is 0 Å². The highest BCUT2D eigenvalue weighted by molar-refractivity contribution is 6.21. The Kier molecular flexibility index (Phi) is 6.58. The molecule has 5 heteroatoms. The smallest absolute Gasteiger partial charge is 0.261 e. The van der Waals surface area contributed by atoms with Gasteiger partial charge >= 0.3 is 0 Å². The summed E-state index contributed by atoms with van der Waals surface area (Å²) in [6.07, 6.45) is 4.35. The zero-order valence-electron chi connectivity index (χ0n) is 16.2. The van der Waals surface area contributed by atoms with Crippen LogP contribution in [0.5, 0.6) is 0 Å². The minimum absolute atomic E-state index is 0.0304. The SMILES string of the molecule is CCCC[C@@H](CCCN1C(=O)c2ccccc2C1=O)NC(=O)c1ccccc1. The van der Waals surface area contributed by atoms with Gasteiger partial charge in [-0.25, -0.2) is 0 Å². The van der Waals surface area contributed by atoms with Crippen molar-refractivity contribution in [3.05, 3.63) is 71.3 Å². The predicted octanol–water partition coefficient (Wildman–Crippen LogP) is 4.05. The number of carbonyl (C=O) groups is 3. The number of carbonyl (C=O) groups excluding carboxylic acids is 3. The first-order chi connectivity index (χ1) is 13.6. The van der Waals surface area contributed by atoms with Gasteiger partial charge in [0.1, 0.15) is 0 Å². The van der Waals surface area contributed by atoms with Crippen LogP contribution in [0.1, 0.15) is 70.1 Å². The molecule has 1 N–H and O–H groups in total. The monoisotopic (exact) mass is 378 g/mol. The van der Waals surface area contributed by atoms with Gasteiger partial charge < -0.3 is 5.32 Å². The Morgan fingerprint density at radius 2 is 1.46 bits per heavy atom. The summed E-state index contributed by atoms with van der Waals surface area (Å²) in [6, 6.07) is 16.1. The molecule has 28 heavy (non-hydrogen) atoms. The lowest BCUT2D eigenvalue weighted by molar-refractivity contribution is 0.0648. The normalized spacial score (nSPS) is 14.1. The van der Waals surface area contributed by atoms with Crippen molar-refractivity contribution in [1.82, 2.24) is 10.2 Å². The van der Waals surface area contributed by atoms with Gasteiger partial charge in [0.05, 0.1) is 11.1 Å². The van der Waals surface area contributed by atoms with E-state index in [4.69, 9.17) is 0 Å². The minimum Gasteiger partial charge on any atom is -0.349 e. The molecule has 2 aromatic carbocycles. The van der Waals surface area contributed by atoms with Gasteiger partial charge in [0.25, 0.3) is 17.7 Å². The summed E-state index contributed by atoms with van der Waals surface area (Å²) < 4.78 is 0. The summed E-state index contributed by atoms with van der Waals surface area (Å²) in [5, 5.41) is 3.11. The molecule has 1 atom stereocenters. The Morgan fingerprint density at radius 1 is 0.893 bits per heavy atom. The third kappa shape index (κ3) is 4.47. The van der Waals surface area contributed by atoms with E-state index in [1.807, 2.05) is 18.2 Å². The summed E-state index contributed by atoms with van der Waals surface area (Å²) in [5.41, 5.74) is 1.60. The van der Waals surface area contributed by atoms with Crippen molar-refractivity contribution in [2.75, 3.05) is 6.54 Å². The number of benzene rings is 2. The molecule has 0 saturated heterocycles. The highest BCUT2D eigenvalue weighted by atomic mass is 16.2. The first kappa shape index (κ1) is 19.8. The lowest BCUT2D eigenvalue weighted by Crippen LogP contribution is -2.36. The van der Waals surface area contributed by atoms with Crippen LogP contribution in [0.2, 0.25) is 0 Å². The maximum atomic E-state index is 12.5. The van der Waals surface area contributed by atoms with E-state index in [9.17, 15) is 14.4 Å². The topological polar surface area (TPSA) is 66.5 Å². The third-order valence-corrected chi connectivity index (χ3v) is 5.09. The van der Waals surface area contributed by atoms with Crippen molar-refractivity contribution in [1.29, 1.82) is 0 Å². The average molecular weight is 378 g/mol. The molecule has 0 aliphatic carbocycles. The molecule has 5 nitrogen and oxygen atoms in total. The first-order valence-corrected chi connectivity index (χ1v) is 9.93. The maximum Gasteiger partial charge on any atom is 0.261 e. The van der Waals surface area contributed by atoms with Crippen LogP contribution in [0.25, 0.3) is 0 Å². The van der Waals surface area contributed by atoms with Crippen LogP contribution in [-0.4, -0.2) is 35.2 Å². The van der Waals surface area contributed by atoms with E-state index >= 15 is 0 Å². The summed E-state index contributed by atoms with van der Waals surface area (Å²) in [5.74, 6) is -0.527. The van der Waals surface area contributed by atoms with Crippen molar-refractivity contribution >= 4 is 17.7 Å². The van der Waals surface area contributed by atoms with Gasteiger partial charge in [0.15, 0.2) is 0 Å². The van der Waals surface area contributed by atoms with Crippen molar-refractivity contribution in [2.45, 2.75) is 45.1 Å². The Labute approximate surface area is 165 Å². The molecular weight excluding hydrogens is 352 g/mol. The fraction of sp³-hybridized carbons (Fsp3) is 0.348. The second kappa shape index (κ2) is 9.31. The highest BCUT2D eigenvalue weighted by Crippen LogP contribution is 2.23. The van der Waals surface area contributed by atoms with Gasteiger partial charge in [0, 0.05) is 18.2 Å². The van der Waals surface area contributed by atoms with Gasteiger partial charge in [-0.05, 0) is 43.5 Å². The largest absolute Gasteiger partial charge is 0.349 e. The number of rotatable bonds is 9. The van der Waals surface area contributed by atoms with Crippen molar-refractivity contribution < 1.29 is 14.4 Å². The quantitative estimate of drug-likeness (QED) is 0.670. The predicted molar refractivity (Wildman–Crippen MR) is 108 cm³/mol. The maximum absolute atomic E-state index is 12.5. The molecule has 2 aromatic rings. The van der Waals surface area contributed by atoms with Crippen LogP contribution >= 0.6 is 0 Å². The number of nitrogens with one attached hydrogen (secondary N) is 1. The molecule has 0 bridgehead atoms. The molecule has 0 radical (unpaired) electrons. The number of hydrogen-bond donors (Lipinski definition) is 1. The molecule has 0 unspecified atom stereocenters. The lowest BCUT2D eigenvalue weighted by atomic mass is 10.0. The van der Waals surface area contributed by atoms with Gasteiger partial charge in [-0.2, -0.15) is 0 Å². The molecule has 1 aliphatic rings. The van der Waals surface area contributed by atoms with E-state index in [0.717, 1.165) is 25.7 Å². The summed E-state index contributed by atoms with van der Waals surface area (Å²) in [6.45, 7) is 2.49. The number of amides is 3. The van der Waals surface area contributed by atoms with Gasteiger partial charge in [-0.15, -0.1) is 0 Å². The molecule has 3 rings (SSSR count). The lowest BCUT2D eigenvalue weighted by Gasteiger charge is -2.20. The van der Waals surface area contributed by atoms with Gasteiger partial charge in [-0.3, -0.25) is 19.3 Å². The van der Waals surface area contributed by atoms with E-state index < -0.39 is 0 Å². The van der Waals surface area contributed by atoms with E-state index in [1.165, 1.54) is 4.90 Å². The molecule has 0 aromatic heterocycles. The summed E-state index contributed by atoms with van der Waals surface area (Å²) in [7, 11) is 0. The molecule has 0 spiro atoms. The van der Waals surface area contributed by atoms with E-state index in [-0.39, 0.29) is 23.8 Å². The standard InChI is InChI=1S/C23H26N2O3/c1-2-3-12-18(24-21(26)17-10-5-4-6-11-17)13-9-16-25-22(27)19-14-7-8-15-20(19)23(25)28/h4-8,10-11,14-15,18H,2-3,9,12-13,16H2,1H3,(H,24,26)/t18-/m0/s1. The summed E-state index contributed by atoms with van der Waals surface area (Å²) in [4.78, 5) is 38.7. The third-order valence-electron chi connectivity index (χ3n) is 5.09. The Morgan fingerprint density at radius 3 is 2.07 bits per heavy atom. The van der Waals surface area contributed by atoms with Crippen LogP contribution in [0, 0.1) is 0 Å².